The van der Waals surface area contributed by atoms with Gasteiger partial charge in [0.25, 0.3) is 0 Å². The van der Waals surface area contributed by atoms with Crippen LogP contribution in [0.4, 0.5) is 0 Å². The van der Waals surface area contributed by atoms with Gasteiger partial charge in [0.05, 0.1) is 24.5 Å². The maximum absolute atomic E-state index is 12.3. The lowest BCUT2D eigenvalue weighted by atomic mass is 10.0. The summed E-state index contributed by atoms with van der Waals surface area (Å²) >= 11 is 0. The Balaban J connectivity index is 1.67. The van der Waals surface area contributed by atoms with Gasteiger partial charge in [0.2, 0.25) is 5.91 Å². The summed E-state index contributed by atoms with van der Waals surface area (Å²) < 4.78 is 30.4. The van der Waals surface area contributed by atoms with Crippen LogP contribution in [0.3, 0.4) is 0 Å². The fraction of sp³-hybridized carbons (Fsp3) is 0.231. The molecule has 0 saturated carbocycles. The van der Waals surface area contributed by atoms with Crippen LogP contribution in [0.15, 0.2) is 72.8 Å². The molecule has 0 aliphatic rings. The van der Waals surface area contributed by atoms with Crippen LogP contribution in [0, 0.1) is 11.3 Å². The number of sulfone groups is 1. The summed E-state index contributed by atoms with van der Waals surface area (Å²) in [6, 6.07) is 24.4. The van der Waals surface area contributed by atoms with Gasteiger partial charge in [0.1, 0.15) is 17.6 Å². The second kappa shape index (κ2) is 12.0. The lowest BCUT2D eigenvalue weighted by molar-refractivity contribution is -0.118. The highest BCUT2D eigenvalue weighted by Crippen LogP contribution is 2.28. The van der Waals surface area contributed by atoms with Crippen LogP contribution in [0.1, 0.15) is 16.7 Å². The number of aliphatic hydroxyl groups excluding tert-OH is 1. The van der Waals surface area contributed by atoms with Crippen LogP contribution in [0.25, 0.3) is 11.1 Å². The molecule has 0 spiro atoms. The molecule has 0 radical (unpaired) electrons. The Bertz CT molecular complexity index is 1250. The SMILES string of the molecule is N#Cc1ccc(-c2ccc(CS(=O)(=O)CC(=O)NCCO)cc2)cc1OCCc1ccccc1. The molecule has 0 bridgehead atoms. The highest BCUT2D eigenvalue weighted by molar-refractivity contribution is 7.91. The van der Waals surface area contributed by atoms with Crippen molar-refractivity contribution >= 4 is 15.7 Å². The summed E-state index contributed by atoms with van der Waals surface area (Å²) in [5, 5.41) is 20.5. The predicted octanol–water partition coefficient (Wildman–Crippen LogP) is 2.87. The Labute approximate surface area is 199 Å². The van der Waals surface area contributed by atoms with Crippen molar-refractivity contribution in [2.24, 2.45) is 0 Å². The Morgan fingerprint density at radius 2 is 1.68 bits per heavy atom. The molecule has 8 heteroatoms. The molecule has 0 aromatic heterocycles. The van der Waals surface area contributed by atoms with E-state index in [0.29, 0.717) is 23.5 Å². The number of benzene rings is 3. The second-order valence-electron chi connectivity index (χ2n) is 7.71. The van der Waals surface area contributed by atoms with Crippen molar-refractivity contribution < 1.29 is 23.1 Å². The van der Waals surface area contributed by atoms with Gasteiger partial charge in [-0.2, -0.15) is 5.26 Å². The number of nitrogens with zero attached hydrogens (tertiary/aromatic N) is 1. The lowest BCUT2D eigenvalue weighted by Gasteiger charge is -2.11. The zero-order chi connectivity index (χ0) is 24.4. The first kappa shape index (κ1) is 25.0. The molecule has 3 aromatic rings. The Hall–Kier alpha value is -3.67. The highest BCUT2D eigenvalue weighted by atomic mass is 32.2. The first-order valence-electron chi connectivity index (χ1n) is 10.8. The first-order valence-corrected chi connectivity index (χ1v) is 12.6. The van der Waals surface area contributed by atoms with Gasteiger partial charge in [-0.3, -0.25) is 4.79 Å². The van der Waals surface area contributed by atoms with Crippen molar-refractivity contribution in [3.05, 3.63) is 89.5 Å². The molecule has 2 N–H and O–H groups in total. The molecule has 3 rings (SSSR count). The molecular formula is C26H26N2O5S. The number of aliphatic hydroxyl groups is 1. The molecule has 0 aliphatic carbocycles. The quantitative estimate of drug-likeness (QED) is 0.438. The van der Waals surface area contributed by atoms with E-state index in [0.717, 1.165) is 23.1 Å². The number of amides is 1. The number of nitrogens with one attached hydrogen (secondary N) is 1. The van der Waals surface area contributed by atoms with Crippen molar-refractivity contribution in [1.82, 2.24) is 5.32 Å². The fourth-order valence-electron chi connectivity index (χ4n) is 3.38. The molecule has 1 amide bonds. The summed E-state index contributed by atoms with van der Waals surface area (Å²) in [6.07, 6.45) is 0.719. The largest absolute Gasteiger partial charge is 0.492 e. The van der Waals surface area contributed by atoms with Gasteiger partial charge in [-0.1, -0.05) is 60.7 Å². The van der Waals surface area contributed by atoms with E-state index >= 15 is 0 Å². The number of hydrogen-bond donors (Lipinski definition) is 2. The van der Waals surface area contributed by atoms with Crippen molar-refractivity contribution in [3.63, 3.8) is 0 Å². The smallest absolute Gasteiger partial charge is 0.235 e. The number of carbonyl (C=O) groups excluding carboxylic acids is 1. The molecule has 0 aliphatic heterocycles. The van der Waals surface area contributed by atoms with Gasteiger partial charge in [-0.05, 0) is 34.4 Å². The summed E-state index contributed by atoms with van der Waals surface area (Å²) in [5.41, 5.74) is 3.84. The van der Waals surface area contributed by atoms with Crippen molar-refractivity contribution in [3.8, 4) is 22.9 Å². The summed E-state index contributed by atoms with van der Waals surface area (Å²) in [7, 11) is -3.64. The van der Waals surface area contributed by atoms with E-state index in [4.69, 9.17) is 9.84 Å². The van der Waals surface area contributed by atoms with Crippen LogP contribution in [0.5, 0.6) is 5.75 Å². The number of nitriles is 1. The van der Waals surface area contributed by atoms with E-state index in [1.54, 1.807) is 36.4 Å². The second-order valence-corrected chi connectivity index (χ2v) is 9.77. The van der Waals surface area contributed by atoms with Gasteiger partial charge in [-0.25, -0.2) is 8.42 Å². The Kier molecular flexibility index (Phi) is 8.79. The minimum absolute atomic E-state index is 0.0194. The number of hydrogen-bond acceptors (Lipinski definition) is 6. The van der Waals surface area contributed by atoms with Crippen molar-refractivity contribution in [2.45, 2.75) is 12.2 Å². The van der Waals surface area contributed by atoms with E-state index in [2.05, 4.69) is 11.4 Å². The number of ether oxygens (including phenoxy) is 1. The van der Waals surface area contributed by atoms with E-state index in [1.165, 1.54) is 0 Å². The average molecular weight is 479 g/mol. The maximum atomic E-state index is 12.3. The number of carbonyl (C=O) groups is 1. The van der Waals surface area contributed by atoms with Gasteiger partial charge in [0, 0.05) is 13.0 Å². The van der Waals surface area contributed by atoms with Crippen LogP contribution in [0.2, 0.25) is 0 Å². The molecule has 3 aromatic carbocycles. The normalized spacial score (nSPS) is 10.9. The third-order valence-electron chi connectivity index (χ3n) is 5.05. The average Bonchev–Trinajstić information content (AvgIpc) is 2.83. The molecule has 34 heavy (non-hydrogen) atoms. The molecule has 0 atom stereocenters. The third kappa shape index (κ3) is 7.44. The van der Waals surface area contributed by atoms with E-state index in [9.17, 15) is 18.5 Å². The lowest BCUT2D eigenvalue weighted by Crippen LogP contribution is -2.32. The highest BCUT2D eigenvalue weighted by Gasteiger charge is 2.17. The summed E-state index contributed by atoms with van der Waals surface area (Å²) in [6.45, 7) is 0.207. The monoisotopic (exact) mass is 478 g/mol. The predicted molar refractivity (Wildman–Crippen MR) is 130 cm³/mol. The molecule has 0 heterocycles. The van der Waals surface area contributed by atoms with E-state index < -0.39 is 21.5 Å². The number of rotatable bonds is 11. The summed E-state index contributed by atoms with van der Waals surface area (Å²) in [4.78, 5) is 11.7. The van der Waals surface area contributed by atoms with Crippen LogP contribution in [-0.2, 0) is 26.8 Å². The standard InChI is InChI=1S/C26H26N2O5S/c27-17-24-11-10-23(16-25(24)33-15-12-20-4-2-1-3-5-20)22-8-6-21(7-9-22)18-34(31,32)19-26(30)28-13-14-29/h1-11,16,29H,12-15,18-19H2,(H,28,30). The molecular weight excluding hydrogens is 452 g/mol. The minimum Gasteiger partial charge on any atom is -0.492 e. The van der Waals surface area contributed by atoms with Gasteiger partial charge >= 0.3 is 0 Å². The zero-order valence-corrected chi connectivity index (χ0v) is 19.4. The van der Waals surface area contributed by atoms with Gasteiger partial charge in [-0.15, -0.1) is 0 Å². The Morgan fingerprint density at radius 3 is 2.35 bits per heavy atom. The zero-order valence-electron chi connectivity index (χ0n) is 18.6. The molecule has 176 valence electrons. The van der Waals surface area contributed by atoms with E-state index in [-0.39, 0.29) is 18.9 Å². The van der Waals surface area contributed by atoms with Crippen LogP contribution < -0.4 is 10.1 Å². The van der Waals surface area contributed by atoms with E-state index in [1.807, 2.05) is 36.4 Å². The van der Waals surface area contributed by atoms with Crippen molar-refractivity contribution in [2.75, 3.05) is 25.5 Å². The molecule has 0 fully saturated rings. The summed E-state index contributed by atoms with van der Waals surface area (Å²) in [5.74, 6) is -1.03. The topological polar surface area (TPSA) is 116 Å². The van der Waals surface area contributed by atoms with Gasteiger partial charge < -0.3 is 15.2 Å². The third-order valence-corrected chi connectivity index (χ3v) is 6.53. The van der Waals surface area contributed by atoms with Gasteiger partial charge in [0.15, 0.2) is 9.84 Å². The molecule has 7 nitrogen and oxygen atoms in total. The maximum Gasteiger partial charge on any atom is 0.235 e. The minimum atomic E-state index is -3.64. The molecule has 0 saturated heterocycles. The van der Waals surface area contributed by atoms with Crippen LogP contribution >= 0.6 is 0 Å². The fourth-order valence-corrected chi connectivity index (χ4v) is 4.69. The van der Waals surface area contributed by atoms with Crippen LogP contribution in [-0.4, -0.2) is 44.9 Å². The molecule has 0 unspecified atom stereocenters. The first-order chi connectivity index (χ1) is 16.4. The Morgan fingerprint density at radius 1 is 0.971 bits per heavy atom. The van der Waals surface area contributed by atoms with Crippen molar-refractivity contribution in [1.29, 1.82) is 5.26 Å².